The molecule has 0 aromatic heterocycles. The van der Waals surface area contributed by atoms with Gasteiger partial charge in [0.1, 0.15) is 5.82 Å². The molecule has 0 heterocycles. The van der Waals surface area contributed by atoms with Crippen LogP contribution in [0.25, 0.3) is 0 Å². The molecule has 1 unspecified atom stereocenters. The number of hydrogen-bond acceptors (Lipinski definition) is 2. The van der Waals surface area contributed by atoms with E-state index in [1.807, 2.05) is 25.2 Å². The van der Waals surface area contributed by atoms with Crippen LogP contribution in [0.5, 0.6) is 0 Å². The number of benzene rings is 2. The molecule has 0 fully saturated rings. The van der Waals surface area contributed by atoms with Crippen molar-refractivity contribution in [3.05, 3.63) is 70.0 Å². The van der Waals surface area contributed by atoms with Crippen molar-refractivity contribution in [2.45, 2.75) is 25.8 Å². The zero-order chi connectivity index (χ0) is 17.5. The van der Waals surface area contributed by atoms with Crippen molar-refractivity contribution in [2.24, 2.45) is 0 Å². The minimum atomic E-state index is -0.403. The highest BCUT2D eigenvalue weighted by molar-refractivity contribution is 6.31. The largest absolute Gasteiger partial charge is 0.345 e. The first-order chi connectivity index (χ1) is 11.5. The summed E-state index contributed by atoms with van der Waals surface area (Å²) < 4.78 is 13.6. The number of aryl methyl sites for hydroxylation is 1. The average Bonchev–Trinajstić information content (AvgIpc) is 2.56. The predicted molar refractivity (Wildman–Crippen MR) is 95.7 cm³/mol. The number of hydrogen-bond donors (Lipinski definition) is 2. The van der Waals surface area contributed by atoms with Crippen LogP contribution in [0.4, 0.5) is 4.39 Å². The zero-order valence-electron chi connectivity index (χ0n) is 13.9. The van der Waals surface area contributed by atoms with Gasteiger partial charge < -0.3 is 10.6 Å². The Hall–Kier alpha value is -1.91. The van der Waals surface area contributed by atoms with Crippen LogP contribution in [0.2, 0.25) is 5.02 Å². The molecule has 128 valence electrons. The van der Waals surface area contributed by atoms with E-state index in [-0.39, 0.29) is 11.7 Å². The maximum atomic E-state index is 13.6. The highest BCUT2D eigenvalue weighted by Gasteiger charge is 2.19. The summed E-state index contributed by atoms with van der Waals surface area (Å²) in [6, 6.07) is 11.8. The minimum absolute atomic E-state index is 0.0582. The fourth-order valence-corrected chi connectivity index (χ4v) is 2.80. The Bertz CT molecular complexity index is 706. The van der Waals surface area contributed by atoms with Crippen LogP contribution in [-0.2, 0) is 4.79 Å². The first kappa shape index (κ1) is 18.4. The van der Waals surface area contributed by atoms with Crippen LogP contribution in [0, 0.1) is 12.7 Å². The maximum absolute atomic E-state index is 13.6. The second-order valence-corrected chi connectivity index (χ2v) is 6.14. The van der Waals surface area contributed by atoms with Crippen molar-refractivity contribution >= 4 is 17.5 Å². The van der Waals surface area contributed by atoms with Crippen LogP contribution in [0.3, 0.4) is 0 Å². The molecule has 5 heteroatoms. The van der Waals surface area contributed by atoms with Crippen molar-refractivity contribution in [1.82, 2.24) is 10.6 Å². The molecule has 24 heavy (non-hydrogen) atoms. The third-order valence-electron chi connectivity index (χ3n) is 3.87. The Morgan fingerprint density at radius 2 is 2.00 bits per heavy atom. The first-order valence-corrected chi connectivity index (χ1v) is 8.35. The normalized spacial score (nSPS) is 12.0. The summed E-state index contributed by atoms with van der Waals surface area (Å²) >= 11 is 6.31. The second kappa shape index (κ2) is 8.81. The molecule has 0 saturated carbocycles. The molecule has 0 aliphatic carbocycles. The Morgan fingerprint density at radius 1 is 1.25 bits per heavy atom. The molecule has 0 saturated heterocycles. The van der Waals surface area contributed by atoms with Gasteiger partial charge in [-0.3, -0.25) is 4.79 Å². The van der Waals surface area contributed by atoms with Crippen LogP contribution in [0.15, 0.2) is 42.5 Å². The lowest BCUT2D eigenvalue weighted by molar-refractivity contribution is -0.121. The van der Waals surface area contributed by atoms with Gasteiger partial charge >= 0.3 is 0 Å². The Morgan fingerprint density at radius 3 is 2.67 bits per heavy atom. The smallest absolute Gasteiger partial charge is 0.220 e. The van der Waals surface area contributed by atoms with Crippen molar-refractivity contribution in [2.75, 3.05) is 13.6 Å². The lowest BCUT2D eigenvalue weighted by atomic mass is 9.96. The Balaban J connectivity index is 2.29. The highest BCUT2D eigenvalue weighted by atomic mass is 35.5. The van der Waals surface area contributed by atoms with Gasteiger partial charge in [-0.15, -0.1) is 0 Å². The molecule has 0 radical (unpaired) electrons. The van der Waals surface area contributed by atoms with Gasteiger partial charge in [0.2, 0.25) is 5.91 Å². The van der Waals surface area contributed by atoms with Gasteiger partial charge in [-0.1, -0.05) is 41.9 Å². The van der Waals surface area contributed by atoms with E-state index in [1.54, 1.807) is 25.1 Å². The van der Waals surface area contributed by atoms with Gasteiger partial charge in [-0.25, -0.2) is 4.39 Å². The fourth-order valence-electron chi connectivity index (χ4n) is 2.56. The number of halogens is 2. The SMILES string of the molecule is CNCCCC(=O)NC(c1ccc(F)c(C)c1)c1ccccc1Cl. The highest BCUT2D eigenvalue weighted by Crippen LogP contribution is 2.29. The average molecular weight is 349 g/mol. The number of carbonyl (C=O) groups excluding carboxylic acids is 1. The quantitative estimate of drug-likeness (QED) is 0.743. The molecule has 2 aromatic carbocycles. The third-order valence-corrected chi connectivity index (χ3v) is 4.21. The summed E-state index contributed by atoms with van der Waals surface area (Å²) in [5, 5.41) is 6.61. The molecule has 0 bridgehead atoms. The Kier molecular flexibility index (Phi) is 6.76. The van der Waals surface area contributed by atoms with E-state index in [0.29, 0.717) is 17.0 Å². The standard InChI is InChI=1S/C19H22ClFN2O/c1-13-12-14(9-10-17(13)21)19(15-6-3-4-7-16(15)20)23-18(24)8-5-11-22-2/h3-4,6-7,9-10,12,19,22H,5,8,11H2,1-2H3,(H,23,24). The molecule has 1 atom stereocenters. The van der Waals surface area contributed by atoms with Crippen molar-refractivity contribution in [3.8, 4) is 0 Å². The monoisotopic (exact) mass is 348 g/mol. The lowest BCUT2D eigenvalue weighted by Gasteiger charge is -2.21. The zero-order valence-corrected chi connectivity index (χ0v) is 14.7. The van der Waals surface area contributed by atoms with Gasteiger partial charge in [-0.2, -0.15) is 0 Å². The maximum Gasteiger partial charge on any atom is 0.220 e. The van der Waals surface area contributed by atoms with Crippen LogP contribution in [-0.4, -0.2) is 19.5 Å². The van der Waals surface area contributed by atoms with E-state index in [2.05, 4.69) is 10.6 Å². The van der Waals surface area contributed by atoms with Gasteiger partial charge in [0.05, 0.1) is 6.04 Å². The number of nitrogens with one attached hydrogen (secondary N) is 2. The number of carbonyl (C=O) groups is 1. The van der Waals surface area contributed by atoms with E-state index < -0.39 is 6.04 Å². The van der Waals surface area contributed by atoms with Crippen LogP contribution < -0.4 is 10.6 Å². The van der Waals surface area contributed by atoms with E-state index in [0.717, 1.165) is 24.1 Å². The van der Waals surface area contributed by atoms with E-state index in [1.165, 1.54) is 6.07 Å². The molecular formula is C19H22ClFN2O. The van der Waals surface area contributed by atoms with Gasteiger partial charge in [0, 0.05) is 11.4 Å². The van der Waals surface area contributed by atoms with Crippen molar-refractivity contribution in [1.29, 1.82) is 0 Å². The summed E-state index contributed by atoms with van der Waals surface area (Å²) in [6.45, 7) is 2.48. The first-order valence-electron chi connectivity index (χ1n) is 7.97. The van der Waals surface area contributed by atoms with Gasteiger partial charge in [0.25, 0.3) is 0 Å². The van der Waals surface area contributed by atoms with Crippen LogP contribution in [0.1, 0.15) is 35.6 Å². The summed E-state index contributed by atoms with van der Waals surface area (Å²) in [6.07, 6.45) is 1.17. The molecular weight excluding hydrogens is 327 g/mol. The lowest BCUT2D eigenvalue weighted by Crippen LogP contribution is -2.30. The van der Waals surface area contributed by atoms with E-state index >= 15 is 0 Å². The van der Waals surface area contributed by atoms with Gasteiger partial charge in [0.15, 0.2) is 0 Å². The number of rotatable bonds is 7. The van der Waals surface area contributed by atoms with Crippen molar-refractivity contribution < 1.29 is 9.18 Å². The fraction of sp³-hybridized carbons (Fsp3) is 0.316. The Labute approximate surface area is 147 Å². The molecule has 1 amide bonds. The third kappa shape index (κ3) is 4.79. The van der Waals surface area contributed by atoms with E-state index in [9.17, 15) is 9.18 Å². The topological polar surface area (TPSA) is 41.1 Å². The predicted octanol–water partition coefficient (Wildman–Crippen LogP) is 3.99. The molecule has 0 aliphatic heterocycles. The summed E-state index contributed by atoms with van der Waals surface area (Å²) in [5.41, 5.74) is 2.14. The number of amides is 1. The molecule has 2 aromatic rings. The van der Waals surface area contributed by atoms with Gasteiger partial charge in [-0.05, 0) is 55.8 Å². The molecule has 0 spiro atoms. The molecule has 2 N–H and O–H groups in total. The summed E-state index contributed by atoms with van der Waals surface area (Å²) in [7, 11) is 1.85. The minimum Gasteiger partial charge on any atom is -0.345 e. The van der Waals surface area contributed by atoms with E-state index in [4.69, 9.17) is 11.6 Å². The van der Waals surface area contributed by atoms with Crippen molar-refractivity contribution in [3.63, 3.8) is 0 Å². The molecule has 3 nitrogen and oxygen atoms in total. The summed E-state index contributed by atoms with van der Waals surface area (Å²) in [5.74, 6) is -0.325. The molecule has 2 rings (SSSR count). The second-order valence-electron chi connectivity index (χ2n) is 5.74. The van der Waals surface area contributed by atoms with Crippen LogP contribution >= 0.6 is 11.6 Å². The summed E-state index contributed by atoms with van der Waals surface area (Å²) in [4.78, 5) is 12.3. The molecule has 0 aliphatic rings.